The Labute approximate surface area is 160 Å². The SMILES string of the molecule is CCc1ccc(-c2ccc(/C=C3\SC(=S)N(CCC(=O)O)C3=O)o2)cc1. The Kier molecular flexibility index (Phi) is 5.58. The molecular formula is C19H17NO4S2. The molecular weight excluding hydrogens is 370 g/mol. The molecule has 0 atom stereocenters. The third-order valence-corrected chi connectivity index (χ3v) is 5.35. The maximum absolute atomic E-state index is 12.4. The third kappa shape index (κ3) is 4.05. The van der Waals surface area contributed by atoms with Crippen molar-refractivity contribution in [2.45, 2.75) is 19.8 Å². The van der Waals surface area contributed by atoms with E-state index in [1.165, 1.54) is 10.5 Å². The lowest BCUT2D eigenvalue weighted by Crippen LogP contribution is -2.30. The second-order valence-electron chi connectivity index (χ2n) is 5.73. The number of hydrogen-bond acceptors (Lipinski definition) is 5. The molecule has 1 aliphatic heterocycles. The van der Waals surface area contributed by atoms with E-state index in [1.807, 2.05) is 18.2 Å². The van der Waals surface area contributed by atoms with Crippen LogP contribution in [0.5, 0.6) is 0 Å². The highest BCUT2D eigenvalue weighted by molar-refractivity contribution is 8.26. The molecule has 2 heterocycles. The van der Waals surface area contributed by atoms with Gasteiger partial charge >= 0.3 is 5.97 Å². The lowest BCUT2D eigenvalue weighted by atomic mass is 10.1. The summed E-state index contributed by atoms with van der Waals surface area (Å²) in [5, 5.41) is 8.77. The molecule has 0 aliphatic carbocycles. The van der Waals surface area contributed by atoms with Crippen molar-refractivity contribution in [3.63, 3.8) is 0 Å². The van der Waals surface area contributed by atoms with E-state index in [-0.39, 0.29) is 18.9 Å². The predicted molar refractivity (Wildman–Crippen MR) is 106 cm³/mol. The summed E-state index contributed by atoms with van der Waals surface area (Å²) in [5.41, 5.74) is 2.22. The topological polar surface area (TPSA) is 70.8 Å². The van der Waals surface area contributed by atoms with E-state index in [9.17, 15) is 9.59 Å². The number of carboxylic acid groups (broad SMARTS) is 1. The fourth-order valence-corrected chi connectivity index (χ4v) is 3.81. The highest BCUT2D eigenvalue weighted by Crippen LogP contribution is 2.33. The van der Waals surface area contributed by atoms with E-state index < -0.39 is 5.97 Å². The number of aliphatic carboxylic acids is 1. The molecule has 2 aromatic rings. The predicted octanol–water partition coefficient (Wildman–Crippen LogP) is 4.18. The van der Waals surface area contributed by atoms with E-state index in [2.05, 4.69) is 19.1 Å². The summed E-state index contributed by atoms with van der Waals surface area (Å²) >= 11 is 6.33. The molecule has 134 valence electrons. The number of rotatable bonds is 6. The molecule has 1 N–H and O–H groups in total. The van der Waals surface area contributed by atoms with Gasteiger partial charge in [0.25, 0.3) is 5.91 Å². The van der Waals surface area contributed by atoms with Gasteiger partial charge < -0.3 is 9.52 Å². The Morgan fingerprint density at radius 1 is 1.27 bits per heavy atom. The Balaban J connectivity index is 1.76. The molecule has 0 radical (unpaired) electrons. The molecule has 26 heavy (non-hydrogen) atoms. The monoisotopic (exact) mass is 387 g/mol. The minimum absolute atomic E-state index is 0.0739. The van der Waals surface area contributed by atoms with Crippen LogP contribution in [0.15, 0.2) is 45.7 Å². The van der Waals surface area contributed by atoms with Crippen LogP contribution in [0, 0.1) is 0 Å². The zero-order valence-electron chi connectivity index (χ0n) is 14.1. The molecule has 1 amide bonds. The summed E-state index contributed by atoms with van der Waals surface area (Å²) < 4.78 is 6.19. The average molecular weight is 387 g/mol. The number of carbonyl (C=O) groups excluding carboxylic acids is 1. The van der Waals surface area contributed by atoms with Gasteiger partial charge in [-0.05, 0) is 24.1 Å². The number of aryl methyl sites for hydroxylation is 1. The average Bonchev–Trinajstić information content (AvgIpc) is 3.19. The normalized spacial score (nSPS) is 15.9. The molecule has 0 saturated carbocycles. The number of amides is 1. The van der Waals surface area contributed by atoms with Gasteiger partial charge in [0, 0.05) is 18.2 Å². The highest BCUT2D eigenvalue weighted by Gasteiger charge is 2.32. The molecule has 7 heteroatoms. The maximum Gasteiger partial charge on any atom is 0.305 e. The molecule has 5 nitrogen and oxygen atoms in total. The molecule has 0 spiro atoms. The fraction of sp³-hybridized carbons (Fsp3) is 0.211. The summed E-state index contributed by atoms with van der Waals surface area (Å²) in [6, 6.07) is 11.8. The molecule has 0 bridgehead atoms. The van der Waals surface area contributed by atoms with Crippen LogP contribution in [0.2, 0.25) is 0 Å². The minimum Gasteiger partial charge on any atom is -0.481 e. The van der Waals surface area contributed by atoms with Gasteiger partial charge in [0.05, 0.1) is 11.3 Å². The smallest absolute Gasteiger partial charge is 0.305 e. The van der Waals surface area contributed by atoms with Gasteiger partial charge in [-0.3, -0.25) is 14.5 Å². The lowest BCUT2D eigenvalue weighted by Gasteiger charge is -2.12. The Morgan fingerprint density at radius 2 is 2.00 bits per heavy atom. The first-order valence-corrected chi connectivity index (χ1v) is 9.36. The van der Waals surface area contributed by atoms with Crippen molar-refractivity contribution in [3.8, 4) is 11.3 Å². The number of nitrogens with zero attached hydrogens (tertiary/aromatic N) is 1. The molecule has 1 fully saturated rings. The van der Waals surface area contributed by atoms with Crippen molar-refractivity contribution < 1.29 is 19.1 Å². The Bertz CT molecular complexity index is 883. The van der Waals surface area contributed by atoms with Crippen LogP contribution in [0.25, 0.3) is 17.4 Å². The number of benzene rings is 1. The second-order valence-corrected chi connectivity index (χ2v) is 7.41. The number of carbonyl (C=O) groups is 2. The molecule has 3 rings (SSSR count). The van der Waals surface area contributed by atoms with Gasteiger partial charge in [0.15, 0.2) is 0 Å². The van der Waals surface area contributed by atoms with Gasteiger partial charge in [-0.1, -0.05) is 55.2 Å². The Morgan fingerprint density at radius 3 is 2.65 bits per heavy atom. The van der Waals surface area contributed by atoms with E-state index in [0.717, 1.165) is 29.5 Å². The summed E-state index contributed by atoms with van der Waals surface area (Å²) in [6.45, 7) is 2.18. The summed E-state index contributed by atoms with van der Waals surface area (Å²) in [5.74, 6) is 0.0258. The number of carboxylic acids is 1. The zero-order valence-corrected chi connectivity index (χ0v) is 15.7. The summed E-state index contributed by atoms with van der Waals surface area (Å²) in [6.07, 6.45) is 2.48. The van der Waals surface area contributed by atoms with Crippen LogP contribution < -0.4 is 0 Å². The fourth-order valence-electron chi connectivity index (χ4n) is 2.52. The minimum atomic E-state index is -0.965. The first-order valence-electron chi connectivity index (χ1n) is 8.14. The van der Waals surface area contributed by atoms with E-state index >= 15 is 0 Å². The molecule has 1 aromatic carbocycles. The quantitative estimate of drug-likeness (QED) is 0.592. The van der Waals surface area contributed by atoms with E-state index in [0.29, 0.717) is 15.0 Å². The van der Waals surface area contributed by atoms with Crippen molar-refractivity contribution >= 4 is 46.3 Å². The van der Waals surface area contributed by atoms with Crippen molar-refractivity contribution in [3.05, 3.63) is 52.6 Å². The van der Waals surface area contributed by atoms with Crippen LogP contribution in [-0.2, 0) is 16.0 Å². The number of hydrogen-bond donors (Lipinski definition) is 1. The van der Waals surface area contributed by atoms with Crippen LogP contribution in [0.3, 0.4) is 0 Å². The van der Waals surface area contributed by atoms with Crippen molar-refractivity contribution in [1.82, 2.24) is 4.90 Å². The van der Waals surface area contributed by atoms with Gasteiger partial charge in [0.1, 0.15) is 15.8 Å². The maximum atomic E-state index is 12.4. The van der Waals surface area contributed by atoms with Gasteiger partial charge in [-0.25, -0.2) is 0 Å². The standard InChI is InChI=1S/C19H17NO4S2/c1-2-12-3-5-13(6-4-12)15-8-7-14(24-15)11-16-18(23)20(19(25)26-16)10-9-17(21)22/h3-8,11H,2,9-10H2,1H3,(H,21,22)/b16-11-. The number of thiocarbonyl (C=S) groups is 1. The zero-order chi connectivity index (χ0) is 18.7. The second kappa shape index (κ2) is 7.88. The molecule has 1 saturated heterocycles. The lowest BCUT2D eigenvalue weighted by molar-refractivity contribution is -0.137. The van der Waals surface area contributed by atoms with Gasteiger partial charge in [-0.15, -0.1) is 0 Å². The Hall–Kier alpha value is -2.38. The van der Waals surface area contributed by atoms with Crippen LogP contribution in [0.1, 0.15) is 24.7 Å². The van der Waals surface area contributed by atoms with Crippen LogP contribution >= 0.6 is 24.0 Å². The largest absolute Gasteiger partial charge is 0.481 e. The van der Waals surface area contributed by atoms with Crippen LogP contribution in [0.4, 0.5) is 0 Å². The first-order chi connectivity index (χ1) is 12.5. The highest BCUT2D eigenvalue weighted by atomic mass is 32.2. The van der Waals surface area contributed by atoms with Gasteiger partial charge in [-0.2, -0.15) is 0 Å². The van der Waals surface area contributed by atoms with Gasteiger partial charge in [0.2, 0.25) is 0 Å². The molecule has 0 unspecified atom stereocenters. The molecule has 1 aliphatic rings. The summed E-state index contributed by atoms with van der Waals surface area (Å²) in [7, 11) is 0. The van der Waals surface area contributed by atoms with E-state index in [1.54, 1.807) is 12.1 Å². The van der Waals surface area contributed by atoms with Crippen molar-refractivity contribution in [2.75, 3.05) is 6.54 Å². The first kappa shape index (κ1) is 18.4. The molecule has 1 aromatic heterocycles. The number of thioether (sulfide) groups is 1. The summed E-state index contributed by atoms with van der Waals surface area (Å²) in [4.78, 5) is 24.8. The third-order valence-electron chi connectivity index (χ3n) is 3.97. The number of furan rings is 1. The van der Waals surface area contributed by atoms with E-state index in [4.69, 9.17) is 21.7 Å². The van der Waals surface area contributed by atoms with Crippen molar-refractivity contribution in [2.24, 2.45) is 0 Å². The van der Waals surface area contributed by atoms with Crippen molar-refractivity contribution in [1.29, 1.82) is 0 Å². The van der Waals surface area contributed by atoms with Crippen LogP contribution in [-0.4, -0.2) is 32.7 Å².